The molecule has 36 heavy (non-hydrogen) atoms. The molecule has 0 radical (unpaired) electrons. The van der Waals surface area contributed by atoms with Crippen molar-refractivity contribution in [3.63, 3.8) is 0 Å². The van der Waals surface area contributed by atoms with E-state index < -0.39 is 50.5 Å². The Kier molecular flexibility index (Phi) is 4.49. The van der Waals surface area contributed by atoms with Gasteiger partial charge in [-0.3, -0.25) is 4.79 Å². The van der Waals surface area contributed by atoms with Gasteiger partial charge in [0.2, 0.25) is 0 Å². The molecule has 0 aromatic rings. The highest BCUT2D eigenvalue weighted by molar-refractivity contribution is 6.28. The molecule has 5 aliphatic carbocycles. The van der Waals surface area contributed by atoms with Gasteiger partial charge in [0.05, 0.1) is 33.7 Å². The van der Waals surface area contributed by atoms with Gasteiger partial charge in [0.25, 0.3) is 0 Å². The first-order valence-corrected chi connectivity index (χ1v) is 14.1. The zero-order valence-corrected chi connectivity index (χ0v) is 22.3. The number of ketones is 1. The van der Waals surface area contributed by atoms with Gasteiger partial charge in [-0.1, -0.05) is 19.9 Å². The van der Waals surface area contributed by atoms with Gasteiger partial charge in [-0.2, -0.15) is 0 Å². The maximum atomic E-state index is 13.4. The Bertz CT molecular complexity index is 1080. The van der Waals surface area contributed by atoms with Crippen molar-refractivity contribution in [2.24, 2.45) is 34.5 Å². The molecule has 7 nitrogen and oxygen atoms in total. The highest BCUT2D eigenvalue weighted by atomic mass is 35.5. The third kappa shape index (κ3) is 2.28. The lowest BCUT2D eigenvalue weighted by atomic mass is 9.40. The summed E-state index contributed by atoms with van der Waals surface area (Å²) in [6, 6.07) is 0. The summed E-state index contributed by atoms with van der Waals surface area (Å²) >= 11 is 7.09. The summed E-state index contributed by atoms with van der Waals surface area (Å²) in [4.78, 5) is 12.3. The van der Waals surface area contributed by atoms with Crippen molar-refractivity contribution in [2.45, 2.75) is 118 Å². The zero-order valence-electron chi connectivity index (χ0n) is 21.5. The number of epoxide rings is 1. The quantitative estimate of drug-likeness (QED) is 0.308. The summed E-state index contributed by atoms with van der Waals surface area (Å²) in [5.74, 6) is -1.03. The van der Waals surface area contributed by atoms with Crippen LogP contribution in [0.25, 0.3) is 0 Å². The van der Waals surface area contributed by atoms with Crippen LogP contribution in [0.4, 0.5) is 0 Å². The van der Waals surface area contributed by atoms with Crippen molar-refractivity contribution < 1.29 is 34.7 Å². The predicted octanol–water partition coefficient (Wildman–Crippen LogP) is 2.45. The topological polar surface area (TPSA) is 120 Å². The molecule has 7 aliphatic rings. The monoisotopic (exact) mass is 522 g/mol. The van der Waals surface area contributed by atoms with Gasteiger partial charge in [-0.05, 0) is 76.2 Å². The molecule has 4 N–H and O–H groups in total. The summed E-state index contributed by atoms with van der Waals surface area (Å²) in [6.45, 7) is 7.73. The van der Waals surface area contributed by atoms with Crippen molar-refractivity contribution in [3.05, 3.63) is 12.2 Å². The van der Waals surface area contributed by atoms with E-state index >= 15 is 0 Å². The standard InChI is InChI=1S/C28H39ClO7/c1-22-9-7-15-16(11-20(31)26(29)8-5-6-19(30)24(15,26)3)28(22,34)14-10-17(27(22,33)12-14)18-13-23(2)25(4,36-23)21(32)35-18/h5-6,14-18,20-21,31-34H,7-13H2,1-4H3/t14-,15+,16-,17-,18-,20-,21-,22-,23+,24+,25-,26+,27+,28-/m1/s1. The van der Waals surface area contributed by atoms with Gasteiger partial charge in [-0.15, -0.1) is 11.6 Å². The van der Waals surface area contributed by atoms with Gasteiger partial charge in [0, 0.05) is 17.8 Å². The second-order valence-corrected chi connectivity index (χ2v) is 14.7. The summed E-state index contributed by atoms with van der Waals surface area (Å²) < 4.78 is 12.0. The first-order valence-electron chi connectivity index (χ1n) is 13.7. The molecule has 6 fully saturated rings. The van der Waals surface area contributed by atoms with Gasteiger partial charge >= 0.3 is 0 Å². The molecule has 0 aromatic heterocycles. The van der Waals surface area contributed by atoms with Crippen LogP contribution >= 0.6 is 11.6 Å². The molecule has 2 saturated heterocycles. The van der Waals surface area contributed by atoms with Crippen LogP contribution in [0.2, 0.25) is 0 Å². The molecule has 7 rings (SSSR count). The SMILES string of the molecule is C[C@]12CC[C@H]3[C@@H](C[C@@H](O)[C@@]4(Cl)CC=CC(=O)[C@]34C)[C@]1(O)[C@@H]1C[C@H]([C@H]3C[C@]4(C)O[C@]4(C)[C@H](O)O3)[C@@]2(O)C1. The summed E-state index contributed by atoms with van der Waals surface area (Å²) in [5, 5.41) is 47.2. The van der Waals surface area contributed by atoms with Crippen LogP contribution in [0, 0.1) is 34.5 Å². The number of hydrogen-bond donors (Lipinski definition) is 4. The minimum Gasteiger partial charge on any atom is -0.391 e. The number of hydrogen-bond acceptors (Lipinski definition) is 7. The molecule has 2 aliphatic heterocycles. The van der Waals surface area contributed by atoms with Gasteiger partial charge < -0.3 is 29.9 Å². The number of rotatable bonds is 1. The van der Waals surface area contributed by atoms with Crippen LogP contribution in [0.1, 0.15) is 72.6 Å². The fraction of sp³-hybridized carbons (Fsp3) is 0.893. The molecule has 0 spiro atoms. The molecular formula is C28H39ClO7. The van der Waals surface area contributed by atoms with Gasteiger partial charge in [-0.25, -0.2) is 0 Å². The number of halogens is 1. The smallest absolute Gasteiger partial charge is 0.186 e. The van der Waals surface area contributed by atoms with Gasteiger partial charge in [0.15, 0.2) is 12.1 Å². The highest BCUT2D eigenvalue weighted by Gasteiger charge is 2.83. The van der Waals surface area contributed by atoms with E-state index in [1.165, 1.54) is 0 Å². The molecule has 0 aromatic carbocycles. The molecule has 8 heteroatoms. The lowest BCUT2D eigenvalue weighted by Gasteiger charge is -2.68. The minimum absolute atomic E-state index is 0.0743. The number of allylic oxidation sites excluding steroid dienone is 2. The third-order valence-corrected chi connectivity index (χ3v) is 14.0. The minimum atomic E-state index is -1.23. The molecular weight excluding hydrogens is 484 g/mol. The average Bonchev–Trinajstić information content (AvgIpc) is 3.11. The third-order valence-electron chi connectivity index (χ3n) is 13.2. The lowest BCUT2D eigenvalue weighted by Crippen LogP contribution is -2.75. The molecule has 2 heterocycles. The summed E-state index contributed by atoms with van der Waals surface area (Å²) in [7, 11) is 0. The van der Waals surface area contributed by atoms with Crippen molar-refractivity contribution in [3.8, 4) is 0 Å². The van der Waals surface area contributed by atoms with Gasteiger partial charge in [0.1, 0.15) is 11.2 Å². The van der Waals surface area contributed by atoms with Crippen LogP contribution in [0.5, 0.6) is 0 Å². The van der Waals surface area contributed by atoms with E-state index in [0.717, 1.165) is 0 Å². The number of fused-ring (bicyclic) bond motifs is 10. The molecule has 0 amide bonds. The van der Waals surface area contributed by atoms with Crippen LogP contribution in [-0.2, 0) is 14.3 Å². The Labute approximate surface area is 217 Å². The van der Waals surface area contributed by atoms with Crippen molar-refractivity contribution in [2.75, 3.05) is 0 Å². The molecule has 2 bridgehead atoms. The van der Waals surface area contributed by atoms with Crippen molar-refractivity contribution >= 4 is 17.4 Å². The number of aliphatic hydroxyl groups is 4. The number of aliphatic hydroxyl groups excluding tert-OH is 2. The second-order valence-electron chi connectivity index (χ2n) is 14.0. The fourth-order valence-electron chi connectivity index (χ4n) is 10.7. The Morgan fingerprint density at radius 2 is 1.75 bits per heavy atom. The average molecular weight is 523 g/mol. The normalized spacial score (nSPS) is 67.0. The number of alkyl halides is 1. The summed E-state index contributed by atoms with van der Waals surface area (Å²) in [6.07, 6.45) is 4.56. The lowest BCUT2D eigenvalue weighted by molar-refractivity contribution is -0.290. The van der Waals surface area contributed by atoms with Crippen LogP contribution < -0.4 is 0 Å². The van der Waals surface area contributed by atoms with E-state index in [4.69, 9.17) is 21.1 Å². The van der Waals surface area contributed by atoms with E-state index in [9.17, 15) is 25.2 Å². The first kappa shape index (κ1) is 24.5. The molecule has 4 saturated carbocycles. The van der Waals surface area contributed by atoms with Crippen LogP contribution in [-0.4, -0.2) is 72.0 Å². The van der Waals surface area contributed by atoms with E-state index in [2.05, 4.69) is 0 Å². The Hall–Kier alpha value is -0.540. The summed E-state index contributed by atoms with van der Waals surface area (Å²) in [5.41, 5.74) is -5.42. The Morgan fingerprint density at radius 3 is 2.44 bits per heavy atom. The number of carbonyl (C=O) groups is 1. The van der Waals surface area contributed by atoms with Crippen molar-refractivity contribution in [1.29, 1.82) is 0 Å². The largest absolute Gasteiger partial charge is 0.391 e. The molecule has 0 unspecified atom stereocenters. The van der Waals surface area contributed by atoms with Crippen molar-refractivity contribution in [1.82, 2.24) is 0 Å². The van der Waals surface area contributed by atoms with Crippen LogP contribution in [0.15, 0.2) is 12.2 Å². The van der Waals surface area contributed by atoms with E-state index in [1.54, 1.807) is 12.2 Å². The first-order chi connectivity index (χ1) is 16.6. The van der Waals surface area contributed by atoms with E-state index in [1.807, 2.05) is 27.7 Å². The zero-order chi connectivity index (χ0) is 25.9. The molecule has 200 valence electrons. The highest BCUT2D eigenvalue weighted by Crippen LogP contribution is 2.77. The maximum absolute atomic E-state index is 13.4. The maximum Gasteiger partial charge on any atom is 0.186 e. The Balaban J connectivity index is 1.26. The Morgan fingerprint density at radius 1 is 1.03 bits per heavy atom. The van der Waals surface area contributed by atoms with E-state index in [-0.39, 0.29) is 35.6 Å². The predicted molar refractivity (Wildman–Crippen MR) is 130 cm³/mol. The molecule has 14 atom stereocenters. The fourth-order valence-corrected chi connectivity index (χ4v) is 11.2. The number of ether oxygens (including phenoxy) is 2. The van der Waals surface area contributed by atoms with E-state index in [0.29, 0.717) is 44.9 Å². The second kappa shape index (κ2) is 6.60. The van der Waals surface area contributed by atoms with Crippen LogP contribution in [0.3, 0.4) is 0 Å². The number of carbonyl (C=O) groups excluding carboxylic acids is 1.